The highest BCUT2D eigenvalue weighted by Gasteiger charge is 2.07. The summed E-state index contributed by atoms with van der Waals surface area (Å²) in [6.45, 7) is 0. The molecule has 1 rings (SSSR count). The van der Waals surface area contributed by atoms with Gasteiger partial charge in [0.1, 0.15) is 11.6 Å². The summed E-state index contributed by atoms with van der Waals surface area (Å²) in [6, 6.07) is 11.2. The van der Waals surface area contributed by atoms with Gasteiger partial charge in [-0.1, -0.05) is 30.3 Å². The predicted octanol–water partition coefficient (Wildman–Crippen LogP) is 1.11. The number of carbonyl (C=O) groups excluding carboxylic acids is 1. The lowest BCUT2D eigenvalue weighted by Crippen LogP contribution is -2.20. The third-order valence-electron chi connectivity index (χ3n) is 1.93. The first-order valence-electron chi connectivity index (χ1n) is 5.30. The predicted molar refractivity (Wildman–Crippen MR) is 69.6 cm³/mol. The van der Waals surface area contributed by atoms with Crippen LogP contribution in [0, 0.1) is 11.3 Å². The Kier molecular flexibility index (Phi) is 5.13. The normalized spacial score (nSPS) is 11.1. The number of amides is 1. The van der Waals surface area contributed by atoms with Crippen molar-refractivity contribution in [2.75, 3.05) is 14.1 Å². The van der Waals surface area contributed by atoms with Crippen molar-refractivity contribution in [1.82, 2.24) is 10.3 Å². The zero-order chi connectivity index (χ0) is 13.4. The van der Waals surface area contributed by atoms with Crippen LogP contribution in [0.1, 0.15) is 5.56 Å². The highest BCUT2D eigenvalue weighted by atomic mass is 16.2. The maximum Gasteiger partial charge on any atom is 0.283 e. The van der Waals surface area contributed by atoms with E-state index in [4.69, 9.17) is 5.26 Å². The molecule has 0 atom stereocenters. The molecule has 0 saturated carbocycles. The summed E-state index contributed by atoms with van der Waals surface area (Å²) in [5.41, 5.74) is 3.17. The average Bonchev–Trinajstić information content (AvgIpc) is 2.36. The van der Waals surface area contributed by atoms with E-state index in [1.54, 1.807) is 19.0 Å². The topological polar surface area (TPSA) is 68.5 Å². The Balaban J connectivity index is 2.61. The van der Waals surface area contributed by atoms with Crippen molar-refractivity contribution in [3.63, 3.8) is 0 Å². The number of nitrogens with zero attached hydrogens (tertiary/aromatic N) is 3. The van der Waals surface area contributed by atoms with Crippen molar-refractivity contribution in [3.8, 4) is 6.07 Å². The Hall–Kier alpha value is -2.61. The minimum absolute atomic E-state index is 0.00483. The van der Waals surface area contributed by atoms with Crippen LogP contribution in [0.25, 0.3) is 0 Å². The monoisotopic (exact) mass is 242 g/mol. The maximum absolute atomic E-state index is 11.6. The average molecular weight is 242 g/mol. The third-order valence-corrected chi connectivity index (χ3v) is 1.93. The summed E-state index contributed by atoms with van der Waals surface area (Å²) in [5, 5.41) is 12.6. The first-order chi connectivity index (χ1) is 8.63. The van der Waals surface area contributed by atoms with E-state index in [0.29, 0.717) is 0 Å². The van der Waals surface area contributed by atoms with Crippen LogP contribution in [-0.2, 0) is 4.79 Å². The smallest absolute Gasteiger partial charge is 0.283 e. The summed E-state index contributed by atoms with van der Waals surface area (Å²) in [7, 11) is 3.47. The van der Waals surface area contributed by atoms with Gasteiger partial charge in [-0.15, -0.1) is 0 Å². The van der Waals surface area contributed by atoms with Gasteiger partial charge in [-0.2, -0.15) is 10.4 Å². The molecule has 18 heavy (non-hydrogen) atoms. The summed E-state index contributed by atoms with van der Waals surface area (Å²) in [5.74, 6) is -0.529. The van der Waals surface area contributed by atoms with Crippen LogP contribution in [0.5, 0.6) is 0 Å². The minimum atomic E-state index is -0.529. The summed E-state index contributed by atoms with van der Waals surface area (Å²) in [6.07, 6.45) is 2.95. The molecule has 1 amide bonds. The van der Waals surface area contributed by atoms with Gasteiger partial charge in [-0.25, -0.2) is 5.43 Å². The van der Waals surface area contributed by atoms with Crippen LogP contribution in [0.15, 0.2) is 47.2 Å². The molecule has 0 saturated heterocycles. The van der Waals surface area contributed by atoms with E-state index in [1.807, 2.05) is 36.4 Å². The first kappa shape index (κ1) is 13.5. The molecule has 0 spiro atoms. The summed E-state index contributed by atoms with van der Waals surface area (Å²) >= 11 is 0. The molecule has 0 radical (unpaired) electrons. The van der Waals surface area contributed by atoms with Crippen molar-refractivity contribution >= 4 is 12.1 Å². The fourth-order valence-corrected chi connectivity index (χ4v) is 1.16. The molecule has 0 aliphatic heterocycles. The quantitative estimate of drug-likeness (QED) is 0.372. The molecule has 0 heterocycles. The van der Waals surface area contributed by atoms with Crippen LogP contribution >= 0.6 is 0 Å². The lowest BCUT2D eigenvalue weighted by molar-refractivity contribution is -0.117. The molecule has 1 aromatic rings. The summed E-state index contributed by atoms with van der Waals surface area (Å²) in [4.78, 5) is 13.2. The van der Waals surface area contributed by atoms with E-state index in [-0.39, 0.29) is 5.57 Å². The second-order valence-electron chi connectivity index (χ2n) is 3.73. The number of hydrazone groups is 1. The fourth-order valence-electron chi connectivity index (χ4n) is 1.16. The number of carbonyl (C=O) groups is 1. The molecule has 0 aliphatic carbocycles. The largest absolute Gasteiger partial charge is 0.382 e. The second-order valence-corrected chi connectivity index (χ2v) is 3.73. The van der Waals surface area contributed by atoms with E-state index in [2.05, 4.69) is 10.5 Å². The van der Waals surface area contributed by atoms with Gasteiger partial charge in [0.05, 0.1) is 6.21 Å². The maximum atomic E-state index is 11.6. The molecule has 0 bridgehead atoms. The first-order valence-corrected chi connectivity index (χ1v) is 5.30. The molecule has 1 aromatic carbocycles. The number of hydrogen-bond acceptors (Lipinski definition) is 4. The van der Waals surface area contributed by atoms with Gasteiger partial charge in [0.2, 0.25) is 0 Å². The van der Waals surface area contributed by atoms with E-state index in [0.717, 1.165) is 5.56 Å². The molecule has 1 N–H and O–H groups in total. The Morgan fingerprint density at radius 2 is 2.06 bits per heavy atom. The number of nitriles is 1. The standard InChI is InChI=1S/C13H14N4O/c1-17(2)10-12(8-14)13(18)16-15-9-11-6-4-3-5-7-11/h3-7,9-10H,1-2H3,(H,16,18)/b12-10?,15-9+. The van der Waals surface area contributed by atoms with E-state index >= 15 is 0 Å². The molecular formula is C13H14N4O. The number of rotatable bonds is 4. The van der Waals surface area contributed by atoms with Crippen LogP contribution < -0.4 is 5.43 Å². The van der Waals surface area contributed by atoms with Gasteiger partial charge in [-0.3, -0.25) is 4.79 Å². The third kappa shape index (κ3) is 4.49. The molecule has 0 aromatic heterocycles. The van der Waals surface area contributed by atoms with Gasteiger partial charge < -0.3 is 4.90 Å². The van der Waals surface area contributed by atoms with Gasteiger partial charge in [0.25, 0.3) is 5.91 Å². The SMILES string of the molecule is CN(C)C=C(C#N)C(=O)N/N=C/c1ccccc1. The Morgan fingerprint density at radius 1 is 1.39 bits per heavy atom. The van der Waals surface area contributed by atoms with Crippen LogP contribution in [-0.4, -0.2) is 31.1 Å². The number of hydrogen-bond donors (Lipinski definition) is 1. The van der Waals surface area contributed by atoms with Crippen molar-refractivity contribution in [3.05, 3.63) is 47.7 Å². The summed E-state index contributed by atoms with van der Waals surface area (Å²) < 4.78 is 0. The van der Waals surface area contributed by atoms with Gasteiger partial charge >= 0.3 is 0 Å². The molecule has 0 fully saturated rings. The lowest BCUT2D eigenvalue weighted by atomic mass is 10.2. The van der Waals surface area contributed by atoms with Crippen LogP contribution in [0.3, 0.4) is 0 Å². The molecule has 5 heteroatoms. The van der Waals surface area contributed by atoms with Crippen molar-refractivity contribution < 1.29 is 4.79 Å². The highest BCUT2D eigenvalue weighted by Crippen LogP contribution is 1.95. The minimum Gasteiger partial charge on any atom is -0.382 e. The van der Waals surface area contributed by atoms with E-state index < -0.39 is 5.91 Å². The Labute approximate surface area is 106 Å². The van der Waals surface area contributed by atoms with Gasteiger partial charge in [0, 0.05) is 20.3 Å². The second kappa shape index (κ2) is 6.86. The number of nitrogens with one attached hydrogen (secondary N) is 1. The van der Waals surface area contributed by atoms with Crippen LogP contribution in [0.4, 0.5) is 0 Å². The Morgan fingerprint density at radius 3 is 2.61 bits per heavy atom. The van der Waals surface area contributed by atoms with Crippen molar-refractivity contribution in [2.24, 2.45) is 5.10 Å². The van der Waals surface area contributed by atoms with Crippen molar-refractivity contribution in [2.45, 2.75) is 0 Å². The van der Waals surface area contributed by atoms with Gasteiger partial charge in [-0.05, 0) is 5.56 Å². The molecule has 0 aliphatic rings. The number of benzene rings is 1. The molecule has 92 valence electrons. The molecular weight excluding hydrogens is 228 g/mol. The van der Waals surface area contributed by atoms with Crippen molar-refractivity contribution in [1.29, 1.82) is 5.26 Å². The highest BCUT2D eigenvalue weighted by molar-refractivity contribution is 5.97. The molecule has 5 nitrogen and oxygen atoms in total. The van der Waals surface area contributed by atoms with Crippen LogP contribution in [0.2, 0.25) is 0 Å². The zero-order valence-corrected chi connectivity index (χ0v) is 10.3. The Bertz CT molecular complexity index is 497. The lowest BCUT2D eigenvalue weighted by Gasteiger charge is -2.05. The molecule has 0 unspecified atom stereocenters. The van der Waals surface area contributed by atoms with E-state index in [1.165, 1.54) is 12.4 Å². The zero-order valence-electron chi connectivity index (χ0n) is 10.3. The van der Waals surface area contributed by atoms with E-state index in [9.17, 15) is 4.79 Å². The fraction of sp³-hybridized carbons (Fsp3) is 0.154. The van der Waals surface area contributed by atoms with Gasteiger partial charge in [0.15, 0.2) is 0 Å².